The van der Waals surface area contributed by atoms with Gasteiger partial charge in [-0.15, -0.1) is 0 Å². The zero-order chi connectivity index (χ0) is 30.4. The van der Waals surface area contributed by atoms with E-state index in [1.165, 1.54) is 24.9 Å². The molecule has 0 radical (unpaired) electrons. The van der Waals surface area contributed by atoms with Gasteiger partial charge in [0, 0.05) is 10.5 Å². The maximum atomic E-state index is 12.5. The van der Waals surface area contributed by atoms with E-state index in [1.807, 2.05) is 19.1 Å². The maximum absolute atomic E-state index is 12.5. The first-order valence-corrected chi connectivity index (χ1v) is 14.9. The van der Waals surface area contributed by atoms with E-state index in [0.29, 0.717) is 23.4 Å². The van der Waals surface area contributed by atoms with Crippen LogP contribution in [0, 0.1) is 17.3 Å². The number of benzene rings is 1. The van der Waals surface area contributed by atoms with Crippen molar-refractivity contribution in [3.63, 3.8) is 0 Å². The summed E-state index contributed by atoms with van der Waals surface area (Å²) < 4.78 is 33.4. The van der Waals surface area contributed by atoms with Crippen molar-refractivity contribution in [2.24, 2.45) is 17.3 Å². The van der Waals surface area contributed by atoms with E-state index in [2.05, 4.69) is 70.9 Å². The minimum Gasteiger partial charge on any atom is -0.471 e. The number of rotatable bonds is 14. The fraction of sp³-hybridized carbons (Fsp3) is 0.656. The molecule has 0 fully saturated rings. The Hall–Kier alpha value is -1.86. The van der Waals surface area contributed by atoms with Crippen molar-refractivity contribution in [1.29, 1.82) is 0 Å². The predicted molar refractivity (Wildman–Crippen MR) is 164 cm³/mol. The molecule has 0 aliphatic rings. The summed E-state index contributed by atoms with van der Waals surface area (Å²) in [5.74, 6) is 1.63. The molecular weight excluding hydrogens is 518 g/mol. The van der Waals surface area contributed by atoms with Gasteiger partial charge in [-0.2, -0.15) is 8.78 Å². The average Bonchev–Trinajstić information content (AvgIpc) is 2.90. The van der Waals surface area contributed by atoms with Gasteiger partial charge < -0.3 is 14.6 Å². The molecule has 1 aromatic carbocycles. The van der Waals surface area contributed by atoms with Crippen LogP contribution in [0.25, 0.3) is 4.91 Å². The molecule has 0 saturated carbocycles. The maximum Gasteiger partial charge on any atom is 0.387 e. The van der Waals surface area contributed by atoms with E-state index in [-0.39, 0.29) is 11.9 Å². The number of para-hydroxylation sites is 1. The molecule has 0 aromatic heterocycles. The normalized spacial score (nSPS) is 14.3. The third-order valence-corrected chi connectivity index (χ3v) is 7.78. The Bertz CT molecular complexity index is 807. The summed E-state index contributed by atoms with van der Waals surface area (Å²) in [4.78, 5) is 11.1. The number of carbonyl (C=O) groups excluding carboxylic acids is 1. The van der Waals surface area contributed by atoms with Crippen LogP contribution in [0.3, 0.4) is 0 Å². The van der Waals surface area contributed by atoms with Crippen molar-refractivity contribution in [1.82, 2.24) is 0 Å². The lowest BCUT2D eigenvalue weighted by Crippen LogP contribution is -2.26. The molecule has 1 aromatic rings. The van der Waals surface area contributed by atoms with Crippen molar-refractivity contribution in [3.8, 4) is 5.75 Å². The fourth-order valence-electron chi connectivity index (χ4n) is 3.72. The third kappa shape index (κ3) is 19.0. The van der Waals surface area contributed by atoms with Crippen molar-refractivity contribution < 1.29 is 28.2 Å². The van der Waals surface area contributed by atoms with Gasteiger partial charge in [-0.3, -0.25) is 4.79 Å². The molecule has 0 heterocycles. The number of halogens is 2. The third-order valence-electron chi connectivity index (χ3n) is 6.38. The van der Waals surface area contributed by atoms with Crippen LogP contribution in [0.4, 0.5) is 8.78 Å². The summed E-state index contributed by atoms with van der Waals surface area (Å²) in [5.41, 5.74) is 1.02. The van der Waals surface area contributed by atoms with E-state index in [0.717, 1.165) is 36.5 Å². The van der Waals surface area contributed by atoms with Gasteiger partial charge in [-0.1, -0.05) is 104 Å². The SMILES string of the molecule is C/C=C(\S/C(=C\CC)CC)c1ccccc1OC(F)F.CCC(C)CC(CC(O)CC)C(C)(C)C.COC=O. The Balaban J connectivity index is 0. The predicted octanol–water partition coefficient (Wildman–Crippen LogP) is 10.1. The van der Waals surface area contributed by atoms with Crippen LogP contribution in [0.2, 0.25) is 0 Å². The van der Waals surface area contributed by atoms with Crippen LogP contribution < -0.4 is 4.74 Å². The van der Waals surface area contributed by atoms with Crippen LogP contribution in [-0.4, -0.2) is 31.4 Å². The van der Waals surface area contributed by atoms with Crippen LogP contribution in [0.5, 0.6) is 5.75 Å². The summed E-state index contributed by atoms with van der Waals surface area (Å²) >= 11 is 1.61. The van der Waals surface area contributed by atoms with Gasteiger partial charge in [-0.25, -0.2) is 0 Å². The lowest BCUT2D eigenvalue weighted by atomic mass is 9.73. The number of alkyl halides is 2. The largest absolute Gasteiger partial charge is 0.471 e. The van der Waals surface area contributed by atoms with Gasteiger partial charge >= 0.3 is 6.61 Å². The number of methoxy groups -OCH3 is 1. The molecule has 39 heavy (non-hydrogen) atoms. The average molecular weight is 573 g/mol. The highest BCUT2D eigenvalue weighted by Gasteiger charge is 2.27. The van der Waals surface area contributed by atoms with E-state index >= 15 is 0 Å². The molecule has 0 spiro atoms. The zero-order valence-corrected chi connectivity index (χ0v) is 26.7. The van der Waals surface area contributed by atoms with Gasteiger partial charge in [0.2, 0.25) is 0 Å². The number of thioether (sulfide) groups is 1. The molecular formula is C32H54F2O4S. The highest BCUT2D eigenvalue weighted by atomic mass is 32.2. The summed E-state index contributed by atoms with van der Waals surface area (Å²) in [7, 11) is 1.31. The monoisotopic (exact) mass is 572 g/mol. The van der Waals surface area contributed by atoms with E-state index in [1.54, 1.807) is 30.0 Å². The summed E-state index contributed by atoms with van der Waals surface area (Å²) in [6, 6.07) is 6.90. The number of aliphatic hydroxyl groups is 1. The Labute approximate surface area is 241 Å². The molecule has 226 valence electrons. The number of carbonyl (C=O) groups is 1. The second-order valence-corrected chi connectivity index (χ2v) is 11.7. The summed E-state index contributed by atoms with van der Waals surface area (Å²) in [6.07, 6.45) is 10.2. The zero-order valence-electron chi connectivity index (χ0n) is 25.9. The first-order chi connectivity index (χ1) is 18.3. The highest BCUT2D eigenvalue weighted by molar-refractivity contribution is 8.11. The van der Waals surface area contributed by atoms with E-state index in [4.69, 9.17) is 4.79 Å². The molecule has 3 atom stereocenters. The Kier molecular flexibility index (Phi) is 23.1. The van der Waals surface area contributed by atoms with E-state index < -0.39 is 6.61 Å². The lowest BCUT2D eigenvalue weighted by molar-refractivity contribution is -0.126. The van der Waals surface area contributed by atoms with Crippen LogP contribution in [0.15, 0.2) is 41.3 Å². The van der Waals surface area contributed by atoms with E-state index in [9.17, 15) is 13.9 Å². The molecule has 0 amide bonds. The molecule has 0 saturated heterocycles. The topological polar surface area (TPSA) is 55.8 Å². The number of allylic oxidation sites excluding steroid dienone is 3. The highest BCUT2D eigenvalue weighted by Crippen LogP contribution is 2.39. The minimum absolute atomic E-state index is 0.113. The molecule has 0 aliphatic heterocycles. The fourth-order valence-corrected chi connectivity index (χ4v) is 4.79. The first-order valence-electron chi connectivity index (χ1n) is 14.1. The minimum atomic E-state index is -2.81. The molecule has 3 unspecified atom stereocenters. The van der Waals surface area contributed by atoms with Crippen molar-refractivity contribution in [3.05, 3.63) is 46.9 Å². The lowest BCUT2D eigenvalue weighted by Gasteiger charge is -2.34. The number of hydrogen-bond acceptors (Lipinski definition) is 5. The molecule has 4 nitrogen and oxygen atoms in total. The van der Waals surface area contributed by atoms with Crippen molar-refractivity contribution >= 4 is 23.1 Å². The first kappa shape index (κ1) is 39.3. The molecule has 0 aliphatic carbocycles. The number of hydrogen-bond donors (Lipinski definition) is 1. The van der Waals surface area contributed by atoms with Crippen LogP contribution >= 0.6 is 11.8 Å². The Morgan fingerprint density at radius 2 is 1.67 bits per heavy atom. The number of aliphatic hydroxyl groups excluding tert-OH is 1. The smallest absolute Gasteiger partial charge is 0.387 e. The molecule has 0 bridgehead atoms. The van der Waals surface area contributed by atoms with Crippen LogP contribution in [0.1, 0.15) is 106 Å². The molecule has 7 heteroatoms. The van der Waals surface area contributed by atoms with Gasteiger partial charge in [0.05, 0.1) is 13.2 Å². The van der Waals surface area contributed by atoms with Crippen LogP contribution in [-0.2, 0) is 9.53 Å². The van der Waals surface area contributed by atoms with Gasteiger partial charge in [-0.05, 0) is 67.3 Å². The quantitative estimate of drug-likeness (QED) is 0.225. The van der Waals surface area contributed by atoms with Gasteiger partial charge in [0.25, 0.3) is 6.47 Å². The molecule has 1 N–H and O–H groups in total. The number of ether oxygens (including phenoxy) is 2. The Morgan fingerprint density at radius 3 is 2.08 bits per heavy atom. The Morgan fingerprint density at radius 1 is 1.08 bits per heavy atom. The van der Waals surface area contributed by atoms with Gasteiger partial charge in [0.1, 0.15) is 5.75 Å². The summed E-state index contributed by atoms with van der Waals surface area (Å²) in [5, 5.41) is 9.78. The standard InChI is InChI=1S/C16H20F2OS.C14H30O.C2H4O2/c1-4-9-12(5-2)20-15(6-3)13-10-7-8-11-14(13)19-16(17)18;1-7-11(3)9-12(14(4,5)6)10-13(15)8-2;1-4-2-3/h6-11,16H,4-5H2,1-3H3;11-13,15H,7-10H2,1-6H3;2H,1H3/b12-9-,15-6-;;. The van der Waals surface area contributed by atoms with Gasteiger partial charge in [0.15, 0.2) is 0 Å². The van der Waals surface area contributed by atoms with Crippen molar-refractivity contribution in [2.75, 3.05) is 7.11 Å². The second-order valence-electron chi connectivity index (χ2n) is 10.5. The molecule has 1 rings (SSSR count). The summed E-state index contributed by atoms with van der Waals surface area (Å²) in [6.45, 7) is 17.2. The van der Waals surface area contributed by atoms with Crippen molar-refractivity contribution in [2.45, 2.75) is 114 Å². The second kappa shape index (κ2) is 22.9.